The van der Waals surface area contributed by atoms with Crippen LogP contribution in [0.25, 0.3) is 11.0 Å². The summed E-state index contributed by atoms with van der Waals surface area (Å²) < 4.78 is 37.0. The summed E-state index contributed by atoms with van der Waals surface area (Å²) in [5.41, 5.74) is 1.00. The van der Waals surface area contributed by atoms with E-state index in [1.807, 2.05) is 6.92 Å². The number of hydrogen-bond acceptors (Lipinski definition) is 7. The molecule has 9 heteroatoms. The molecule has 1 aliphatic rings. The van der Waals surface area contributed by atoms with Gasteiger partial charge in [-0.25, -0.2) is 9.18 Å². The molecule has 3 aromatic carbocycles. The molecule has 1 amide bonds. The summed E-state index contributed by atoms with van der Waals surface area (Å²) in [4.78, 5) is 41.4. The van der Waals surface area contributed by atoms with Crippen LogP contribution in [0, 0.1) is 5.82 Å². The number of hydrogen-bond donors (Lipinski definition) is 0. The largest absolute Gasteiger partial charge is 0.490 e. The molecule has 5 rings (SSSR count). The molecule has 1 aliphatic heterocycles. The van der Waals surface area contributed by atoms with Gasteiger partial charge in [-0.05, 0) is 80.4 Å². The summed E-state index contributed by atoms with van der Waals surface area (Å²) in [6.07, 6.45) is 1.84. The van der Waals surface area contributed by atoms with E-state index in [9.17, 15) is 18.8 Å². The molecule has 41 heavy (non-hydrogen) atoms. The summed E-state index contributed by atoms with van der Waals surface area (Å²) in [5.74, 6) is -0.739. The fraction of sp³-hybridized carbons (Fsp3) is 0.281. The molecule has 1 unspecified atom stereocenters. The molecule has 0 saturated carbocycles. The molecule has 0 fully saturated rings. The van der Waals surface area contributed by atoms with E-state index in [2.05, 4.69) is 6.92 Å². The maximum atomic E-state index is 14.1. The zero-order chi connectivity index (χ0) is 29.1. The van der Waals surface area contributed by atoms with Gasteiger partial charge in [0.25, 0.3) is 5.91 Å². The first-order chi connectivity index (χ1) is 19.9. The Morgan fingerprint density at radius 2 is 1.71 bits per heavy atom. The number of rotatable bonds is 10. The van der Waals surface area contributed by atoms with Crippen LogP contribution in [0.5, 0.6) is 11.5 Å². The van der Waals surface area contributed by atoms with E-state index in [1.54, 1.807) is 49.4 Å². The van der Waals surface area contributed by atoms with Crippen molar-refractivity contribution in [2.75, 3.05) is 24.7 Å². The lowest BCUT2D eigenvalue weighted by atomic mass is 9.97. The smallest absolute Gasteiger partial charge is 0.338 e. The Labute approximate surface area is 236 Å². The molecule has 0 aliphatic carbocycles. The van der Waals surface area contributed by atoms with Crippen LogP contribution in [0.3, 0.4) is 0 Å². The summed E-state index contributed by atoms with van der Waals surface area (Å²) in [6.45, 7) is 6.75. The first kappa shape index (κ1) is 27.9. The van der Waals surface area contributed by atoms with Crippen molar-refractivity contribution in [1.82, 2.24) is 0 Å². The minimum absolute atomic E-state index is 0.0330. The summed E-state index contributed by atoms with van der Waals surface area (Å²) in [5, 5.41) is 0.0330. The molecule has 212 valence electrons. The van der Waals surface area contributed by atoms with Gasteiger partial charge in [0.2, 0.25) is 5.76 Å². The van der Waals surface area contributed by atoms with Gasteiger partial charge in [0, 0.05) is 5.69 Å². The standard InChI is InChI=1S/C32H30FNO7/c1-4-7-16-40-25-14-10-20(17-26(25)38-5-2)28-27-29(35)23-18-21(33)11-15-24(23)41-30(27)31(36)34(28)22-12-8-19(9-13-22)32(37)39-6-3/h8-15,17-18,28H,4-7,16H2,1-3H3. The molecule has 0 radical (unpaired) electrons. The minimum atomic E-state index is -0.918. The zero-order valence-electron chi connectivity index (χ0n) is 23.1. The maximum Gasteiger partial charge on any atom is 0.338 e. The third-order valence-corrected chi connectivity index (χ3v) is 6.83. The lowest BCUT2D eigenvalue weighted by Crippen LogP contribution is -2.29. The second-order valence-corrected chi connectivity index (χ2v) is 9.50. The van der Waals surface area contributed by atoms with Gasteiger partial charge in [-0.2, -0.15) is 0 Å². The average Bonchev–Trinajstić information content (AvgIpc) is 3.27. The Kier molecular flexibility index (Phi) is 8.05. The van der Waals surface area contributed by atoms with Crippen molar-refractivity contribution in [3.63, 3.8) is 0 Å². The van der Waals surface area contributed by atoms with Crippen molar-refractivity contribution in [2.24, 2.45) is 0 Å². The number of amides is 1. The van der Waals surface area contributed by atoms with E-state index >= 15 is 0 Å². The van der Waals surface area contributed by atoms with Gasteiger partial charge in [0.05, 0.1) is 42.4 Å². The molecule has 2 heterocycles. The lowest BCUT2D eigenvalue weighted by Gasteiger charge is -2.26. The average molecular weight is 560 g/mol. The van der Waals surface area contributed by atoms with Gasteiger partial charge >= 0.3 is 5.97 Å². The lowest BCUT2D eigenvalue weighted by molar-refractivity contribution is 0.0526. The fourth-order valence-electron chi connectivity index (χ4n) is 4.91. The quantitative estimate of drug-likeness (QED) is 0.163. The van der Waals surface area contributed by atoms with Crippen LogP contribution in [0.1, 0.15) is 71.7 Å². The van der Waals surface area contributed by atoms with Crippen LogP contribution < -0.4 is 19.8 Å². The van der Waals surface area contributed by atoms with Crippen molar-refractivity contribution in [3.8, 4) is 11.5 Å². The van der Waals surface area contributed by atoms with Crippen LogP contribution in [0.4, 0.5) is 10.1 Å². The van der Waals surface area contributed by atoms with Gasteiger partial charge < -0.3 is 18.6 Å². The highest BCUT2D eigenvalue weighted by Crippen LogP contribution is 2.43. The molecular weight excluding hydrogens is 529 g/mol. The van der Waals surface area contributed by atoms with Gasteiger partial charge in [-0.1, -0.05) is 19.4 Å². The Morgan fingerprint density at radius 1 is 0.927 bits per heavy atom. The molecule has 4 aromatic rings. The number of esters is 1. The van der Waals surface area contributed by atoms with Crippen LogP contribution in [-0.2, 0) is 4.74 Å². The fourth-order valence-corrected chi connectivity index (χ4v) is 4.91. The van der Waals surface area contributed by atoms with E-state index in [1.165, 1.54) is 17.0 Å². The third-order valence-electron chi connectivity index (χ3n) is 6.83. The second kappa shape index (κ2) is 11.8. The molecule has 0 saturated heterocycles. The molecule has 1 aromatic heterocycles. The van der Waals surface area contributed by atoms with Gasteiger partial charge in [-0.3, -0.25) is 14.5 Å². The van der Waals surface area contributed by atoms with E-state index in [0.717, 1.165) is 18.9 Å². The van der Waals surface area contributed by atoms with Crippen LogP contribution in [0.2, 0.25) is 0 Å². The highest BCUT2D eigenvalue weighted by atomic mass is 19.1. The summed E-state index contributed by atoms with van der Waals surface area (Å²) >= 11 is 0. The van der Waals surface area contributed by atoms with Crippen molar-refractivity contribution in [1.29, 1.82) is 0 Å². The highest BCUT2D eigenvalue weighted by Gasteiger charge is 2.44. The van der Waals surface area contributed by atoms with Gasteiger partial charge in [0.1, 0.15) is 11.4 Å². The number of fused-ring (bicyclic) bond motifs is 2. The Morgan fingerprint density at radius 3 is 2.41 bits per heavy atom. The topological polar surface area (TPSA) is 95.3 Å². The van der Waals surface area contributed by atoms with Crippen molar-refractivity contribution < 1.29 is 32.6 Å². The van der Waals surface area contributed by atoms with E-state index in [4.69, 9.17) is 18.6 Å². The SMILES string of the molecule is CCCCOc1ccc(C2c3c(oc4ccc(F)cc4c3=O)C(=O)N2c2ccc(C(=O)OCC)cc2)cc1OCC. The van der Waals surface area contributed by atoms with Crippen molar-refractivity contribution >= 4 is 28.5 Å². The Hall–Kier alpha value is -4.66. The summed E-state index contributed by atoms with van der Waals surface area (Å²) in [6, 6.07) is 14.3. The van der Waals surface area contributed by atoms with E-state index < -0.39 is 29.2 Å². The van der Waals surface area contributed by atoms with Crippen molar-refractivity contribution in [3.05, 3.63) is 99.2 Å². The monoisotopic (exact) mass is 559 g/mol. The number of benzene rings is 3. The number of halogens is 1. The highest BCUT2D eigenvalue weighted by molar-refractivity contribution is 6.10. The Bertz CT molecular complexity index is 1660. The normalized spacial score (nSPS) is 14.3. The molecule has 0 N–H and O–H groups in total. The Balaban J connectivity index is 1.68. The van der Waals surface area contributed by atoms with Crippen molar-refractivity contribution in [2.45, 2.75) is 39.7 Å². The third kappa shape index (κ3) is 5.27. The number of unbranched alkanes of at least 4 members (excludes halogenated alkanes) is 1. The van der Waals surface area contributed by atoms with Crippen LogP contribution >= 0.6 is 0 Å². The predicted octanol–water partition coefficient (Wildman–Crippen LogP) is 6.44. The number of anilines is 1. The molecule has 0 spiro atoms. The first-order valence-electron chi connectivity index (χ1n) is 13.6. The number of carbonyl (C=O) groups excluding carboxylic acids is 2. The maximum absolute atomic E-state index is 14.1. The van der Waals surface area contributed by atoms with E-state index in [-0.39, 0.29) is 28.9 Å². The van der Waals surface area contributed by atoms with Gasteiger partial charge in [-0.15, -0.1) is 0 Å². The molecule has 0 bridgehead atoms. The zero-order valence-corrected chi connectivity index (χ0v) is 23.1. The minimum Gasteiger partial charge on any atom is -0.490 e. The molecule has 1 atom stereocenters. The van der Waals surface area contributed by atoms with Crippen LogP contribution in [0.15, 0.2) is 69.9 Å². The first-order valence-corrected chi connectivity index (χ1v) is 13.6. The van der Waals surface area contributed by atoms with E-state index in [0.29, 0.717) is 41.5 Å². The molecular formula is C32H30FNO7. The number of carbonyl (C=O) groups is 2. The van der Waals surface area contributed by atoms with Gasteiger partial charge in [0.15, 0.2) is 16.9 Å². The number of nitrogens with zero attached hydrogens (tertiary/aromatic N) is 1. The van der Waals surface area contributed by atoms with Crippen LogP contribution in [-0.4, -0.2) is 31.7 Å². The second-order valence-electron chi connectivity index (χ2n) is 9.50. The molecule has 8 nitrogen and oxygen atoms in total. The number of ether oxygens (including phenoxy) is 3. The summed E-state index contributed by atoms with van der Waals surface area (Å²) in [7, 11) is 0. The predicted molar refractivity (Wildman–Crippen MR) is 152 cm³/mol.